The maximum absolute atomic E-state index is 6.25. The van der Waals surface area contributed by atoms with Crippen molar-refractivity contribution >= 4 is 33.0 Å². The van der Waals surface area contributed by atoms with Crippen molar-refractivity contribution < 1.29 is 24.5 Å². The summed E-state index contributed by atoms with van der Waals surface area (Å²) in [6, 6.07) is 50.7. The number of furan rings is 1. The normalized spacial score (nSPS) is 11.1. The minimum Gasteiger partial charge on any atom is -0.486 e. The minimum atomic E-state index is 0. The van der Waals surface area contributed by atoms with Crippen LogP contribution in [-0.2, 0) is 20.1 Å². The van der Waals surface area contributed by atoms with Gasteiger partial charge in [0.05, 0.1) is 16.8 Å². The molecule has 5 aromatic carbocycles. The Morgan fingerprint density at radius 3 is 2.05 bits per heavy atom. The van der Waals surface area contributed by atoms with E-state index >= 15 is 0 Å². The van der Waals surface area contributed by atoms with E-state index in [4.69, 9.17) is 14.4 Å². The fraction of sp³-hybridized carbons (Fsp3) is 0.127. The second-order valence-electron chi connectivity index (χ2n) is 15.7. The van der Waals surface area contributed by atoms with Crippen molar-refractivity contribution in [1.82, 2.24) is 19.9 Å². The van der Waals surface area contributed by atoms with Crippen molar-refractivity contribution in [2.24, 2.45) is 0 Å². The number of benzene rings is 5. The topological polar surface area (TPSA) is 64.7 Å². The maximum atomic E-state index is 6.25. The molecule has 5 heterocycles. The van der Waals surface area contributed by atoms with Gasteiger partial charge < -0.3 is 14.4 Å². The molecule has 5 nitrogen and oxygen atoms in total. The van der Waals surface area contributed by atoms with E-state index in [0.29, 0.717) is 5.71 Å². The molecule has 0 atom stereocenters. The zero-order valence-electron chi connectivity index (χ0n) is 35.3. The summed E-state index contributed by atoms with van der Waals surface area (Å²) in [7, 11) is 0. The molecule has 0 aliphatic rings. The predicted octanol–water partition coefficient (Wildman–Crippen LogP) is 14.1. The number of hydrogen-bond acceptors (Lipinski definition) is 5. The van der Waals surface area contributed by atoms with Crippen LogP contribution in [0.15, 0.2) is 144 Å². The second-order valence-corrected chi connectivity index (χ2v) is 15.7. The van der Waals surface area contributed by atoms with Crippen LogP contribution in [0.1, 0.15) is 39.1 Å². The number of nitrogens with zero attached hydrogens (tertiary/aromatic N) is 4. The molecule has 10 rings (SSSR count). The molecule has 6 heteroatoms. The zero-order valence-corrected chi connectivity index (χ0v) is 37.7. The molecule has 1 radical (unpaired) electrons. The quantitative estimate of drug-likeness (QED) is 0.161. The number of fused-ring (bicyclic) bond motifs is 4. The Labute approximate surface area is 371 Å². The van der Waals surface area contributed by atoms with E-state index in [9.17, 15) is 0 Å². The molecular weight excluding hydrogens is 925 g/mol. The first-order valence-corrected chi connectivity index (χ1v) is 20.3. The van der Waals surface area contributed by atoms with Crippen LogP contribution in [0.2, 0.25) is 0 Å². The van der Waals surface area contributed by atoms with Crippen LogP contribution in [0.5, 0.6) is 0 Å². The van der Waals surface area contributed by atoms with Crippen LogP contribution in [0, 0.1) is 60.6 Å². The van der Waals surface area contributed by atoms with Crippen LogP contribution in [0.25, 0.3) is 89.0 Å². The number of rotatable bonds is 5. The summed E-state index contributed by atoms with van der Waals surface area (Å²) >= 11 is 0. The molecule has 0 aliphatic carbocycles. The van der Waals surface area contributed by atoms with Crippen molar-refractivity contribution in [1.29, 1.82) is 0 Å². The third kappa shape index (κ3) is 8.05. The predicted molar refractivity (Wildman–Crippen MR) is 247 cm³/mol. The molecule has 0 saturated heterocycles. The van der Waals surface area contributed by atoms with E-state index in [1.165, 1.54) is 50.1 Å². The summed E-state index contributed by atoms with van der Waals surface area (Å²) < 4.78 is 6.25. The van der Waals surface area contributed by atoms with Gasteiger partial charge >= 0.3 is 0 Å². The molecular formula is C55H44IrN4O-2. The van der Waals surface area contributed by atoms with Gasteiger partial charge in [-0.15, -0.1) is 47.5 Å². The van der Waals surface area contributed by atoms with Crippen molar-refractivity contribution in [3.05, 3.63) is 191 Å². The van der Waals surface area contributed by atoms with E-state index in [1.807, 2.05) is 62.6 Å². The molecule has 0 fully saturated rings. The zero-order chi connectivity index (χ0) is 41.5. The summed E-state index contributed by atoms with van der Waals surface area (Å²) in [5.74, 6) is 0. The number of aryl methyl sites for hydroxylation is 7. The third-order valence-electron chi connectivity index (χ3n) is 11.4. The summed E-state index contributed by atoms with van der Waals surface area (Å²) in [5.41, 5.74) is 21.2. The van der Waals surface area contributed by atoms with Crippen LogP contribution in [0.3, 0.4) is 0 Å². The van der Waals surface area contributed by atoms with Crippen molar-refractivity contribution in [2.75, 3.05) is 0 Å². The van der Waals surface area contributed by atoms with Crippen molar-refractivity contribution in [3.63, 3.8) is 0 Å². The minimum absolute atomic E-state index is 0. The molecule has 5 aromatic heterocycles. The van der Waals surface area contributed by atoms with Crippen LogP contribution < -0.4 is 0 Å². The van der Waals surface area contributed by atoms with E-state index in [-0.39, 0.29) is 20.1 Å². The van der Waals surface area contributed by atoms with Gasteiger partial charge in [-0.05, 0) is 122 Å². The van der Waals surface area contributed by atoms with Gasteiger partial charge in [-0.3, -0.25) is 0 Å². The largest absolute Gasteiger partial charge is 0.486 e. The number of aromatic nitrogens is 4. The number of pyridine rings is 4. The maximum Gasteiger partial charge on any atom is 0.216 e. The molecule has 61 heavy (non-hydrogen) atoms. The molecule has 0 N–H and O–H groups in total. The van der Waals surface area contributed by atoms with E-state index < -0.39 is 0 Å². The molecule has 0 bridgehead atoms. The van der Waals surface area contributed by atoms with E-state index in [0.717, 1.165) is 72.3 Å². The summed E-state index contributed by atoms with van der Waals surface area (Å²) in [4.78, 5) is 19.0. The Hall–Kier alpha value is -6.59. The van der Waals surface area contributed by atoms with Crippen LogP contribution in [-0.4, -0.2) is 19.9 Å². The number of hydrogen-bond donors (Lipinski definition) is 0. The summed E-state index contributed by atoms with van der Waals surface area (Å²) in [5, 5.41) is 3.17. The van der Waals surface area contributed by atoms with Crippen molar-refractivity contribution in [3.8, 4) is 56.0 Å². The van der Waals surface area contributed by atoms with Crippen LogP contribution >= 0.6 is 0 Å². The molecule has 301 valence electrons. The van der Waals surface area contributed by atoms with Gasteiger partial charge in [0.15, 0.2) is 0 Å². The first kappa shape index (κ1) is 41.2. The molecule has 0 aliphatic heterocycles. The first-order chi connectivity index (χ1) is 29.1. The average molecular weight is 969 g/mol. The third-order valence-corrected chi connectivity index (χ3v) is 11.4. The Bertz CT molecular complexity index is 3200. The van der Waals surface area contributed by atoms with E-state index in [1.54, 1.807) is 0 Å². The van der Waals surface area contributed by atoms with Gasteiger partial charge in [0.1, 0.15) is 0 Å². The first-order valence-electron chi connectivity index (χ1n) is 20.3. The van der Waals surface area contributed by atoms with E-state index in [2.05, 4.69) is 148 Å². The SMILES string of the molecule is Cc1ccc(-c2[c-]cc(C)c(-c3ccccc3)c2)nc1.Cc1ccc2c(n1)oc1c(-c3cc(-c4ccc5nc(-c6c(C)cccc6C)ccc5c4C)c(C)cn3)[c-]ccc12.[Ir]. The summed E-state index contributed by atoms with van der Waals surface area (Å²) in [6.45, 7) is 14.7. The standard InChI is InChI=1S/C36H28N3O.C19H16N.Ir/c1-20-8-6-9-21(2)34(20)32-17-15-26-24(5)25(14-16-31(26)39-32)30-18-33(37-19-22(30)3)29-11-7-10-27-28-13-12-23(4)38-36(28)40-35(27)29;1-14-8-11-19(20-13-14)17-10-9-15(2)18(12-17)16-6-4-3-5-7-16;/h6-10,12-19H,1-5H3;3-9,11-13H,1-2H3;/q2*-1;. The molecule has 10 aromatic rings. The van der Waals surface area contributed by atoms with Crippen molar-refractivity contribution in [2.45, 2.75) is 48.5 Å². The monoisotopic (exact) mass is 969 g/mol. The Balaban J connectivity index is 0.000000206. The molecule has 0 unspecified atom stereocenters. The van der Waals surface area contributed by atoms with Gasteiger partial charge in [0, 0.05) is 54.5 Å². The van der Waals surface area contributed by atoms with Gasteiger partial charge in [-0.25, -0.2) is 9.97 Å². The average Bonchev–Trinajstić information content (AvgIpc) is 3.63. The smallest absolute Gasteiger partial charge is 0.216 e. The Morgan fingerprint density at radius 2 is 1.28 bits per heavy atom. The molecule has 0 spiro atoms. The molecule has 0 amide bonds. The Kier molecular flexibility index (Phi) is 11.6. The van der Waals surface area contributed by atoms with Gasteiger partial charge in [-0.1, -0.05) is 102 Å². The van der Waals surface area contributed by atoms with Gasteiger partial charge in [-0.2, -0.15) is 0 Å². The van der Waals surface area contributed by atoms with Crippen LogP contribution in [0.4, 0.5) is 0 Å². The van der Waals surface area contributed by atoms with Gasteiger partial charge in [0.2, 0.25) is 5.71 Å². The second kappa shape index (κ2) is 17.2. The fourth-order valence-corrected chi connectivity index (χ4v) is 8.12. The molecule has 0 saturated carbocycles. The Morgan fingerprint density at radius 1 is 0.525 bits per heavy atom. The van der Waals surface area contributed by atoms with Gasteiger partial charge in [0.25, 0.3) is 0 Å². The fourth-order valence-electron chi connectivity index (χ4n) is 8.12. The summed E-state index contributed by atoms with van der Waals surface area (Å²) in [6.07, 6.45) is 3.83.